The van der Waals surface area contributed by atoms with Crippen LogP contribution in [0.1, 0.15) is 18.4 Å². The van der Waals surface area contributed by atoms with E-state index in [4.69, 9.17) is 10.8 Å². The van der Waals surface area contributed by atoms with Crippen molar-refractivity contribution in [2.45, 2.75) is 25.3 Å². The molecule has 2 amide bonds. The quantitative estimate of drug-likeness (QED) is 0.674. The van der Waals surface area contributed by atoms with Gasteiger partial charge in [-0.1, -0.05) is 6.07 Å². The molecule has 0 spiro atoms. The number of hydrogen-bond acceptors (Lipinski definition) is 3. The van der Waals surface area contributed by atoms with Gasteiger partial charge in [0.05, 0.1) is 6.42 Å². The molecule has 0 aliphatic heterocycles. The number of nitrogens with one attached hydrogen (secondary N) is 1. The zero-order valence-corrected chi connectivity index (χ0v) is 10.9. The van der Waals surface area contributed by atoms with Gasteiger partial charge in [0.15, 0.2) is 11.6 Å². The predicted molar refractivity (Wildman–Crippen MR) is 68.1 cm³/mol. The second-order valence-corrected chi connectivity index (χ2v) is 4.38. The fourth-order valence-electron chi connectivity index (χ4n) is 1.62. The number of amides is 2. The number of carboxylic acids is 1. The highest BCUT2D eigenvalue weighted by Gasteiger charge is 2.21. The smallest absolute Gasteiger partial charge is 0.326 e. The van der Waals surface area contributed by atoms with Crippen molar-refractivity contribution in [2.24, 2.45) is 5.73 Å². The third kappa shape index (κ3) is 5.55. The Morgan fingerprint density at radius 2 is 1.90 bits per heavy atom. The molecule has 0 radical (unpaired) electrons. The molecule has 1 atom stereocenters. The summed E-state index contributed by atoms with van der Waals surface area (Å²) in [7, 11) is 0. The van der Waals surface area contributed by atoms with E-state index in [1.165, 1.54) is 6.07 Å². The van der Waals surface area contributed by atoms with Gasteiger partial charge in [-0.15, -0.1) is 0 Å². The summed E-state index contributed by atoms with van der Waals surface area (Å²) in [5, 5.41) is 10.9. The van der Waals surface area contributed by atoms with Gasteiger partial charge in [-0.2, -0.15) is 0 Å². The van der Waals surface area contributed by atoms with Crippen LogP contribution in [0.2, 0.25) is 0 Å². The predicted octanol–water partition coefficient (Wildman–Crippen LogP) is 0.342. The first kappa shape index (κ1) is 16.5. The molecule has 0 fully saturated rings. The largest absolute Gasteiger partial charge is 0.480 e. The SMILES string of the molecule is NC(=O)CC(NC(=O)CCc1ccc(F)c(F)c1)C(=O)O. The van der Waals surface area contributed by atoms with Crippen molar-refractivity contribution >= 4 is 17.8 Å². The fourth-order valence-corrected chi connectivity index (χ4v) is 1.62. The van der Waals surface area contributed by atoms with Crippen molar-refractivity contribution < 1.29 is 28.3 Å². The lowest BCUT2D eigenvalue weighted by Gasteiger charge is -2.12. The minimum Gasteiger partial charge on any atom is -0.480 e. The lowest BCUT2D eigenvalue weighted by molar-refractivity contribution is -0.143. The van der Waals surface area contributed by atoms with Crippen molar-refractivity contribution in [3.05, 3.63) is 35.4 Å². The maximum Gasteiger partial charge on any atom is 0.326 e. The number of benzene rings is 1. The number of nitrogens with two attached hydrogens (primary N) is 1. The van der Waals surface area contributed by atoms with Gasteiger partial charge in [0.1, 0.15) is 6.04 Å². The van der Waals surface area contributed by atoms with Gasteiger partial charge in [0, 0.05) is 6.42 Å². The van der Waals surface area contributed by atoms with Gasteiger partial charge in [-0.3, -0.25) is 9.59 Å². The second kappa shape index (κ2) is 7.32. The number of hydrogen-bond donors (Lipinski definition) is 3. The summed E-state index contributed by atoms with van der Waals surface area (Å²) < 4.78 is 25.7. The van der Waals surface area contributed by atoms with Crippen LogP contribution in [0.4, 0.5) is 8.78 Å². The molecule has 6 nitrogen and oxygen atoms in total. The van der Waals surface area contributed by atoms with E-state index in [-0.39, 0.29) is 12.8 Å². The molecule has 1 unspecified atom stereocenters. The Bertz CT molecular complexity index is 563. The molecule has 21 heavy (non-hydrogen) atoms. The molecule has 1 aromatic rings. The summed E-state index contributed by atoms with van der Waals surface area (Å²) in [4.78, 5) is 33.1. The Hall–Kier alpha value is -2.51. The van der Waals surface area contributed by atoms with Gasteiger partial charge >= 0.3 is 5.97 Å². The Labute approximate surface area is 118 Å². The highest BCUT2D eigenvalue weighted by Crippen LogP contribution is 2.10. The molecule has 1 rings (SSSR count). The zero-order valence-electron chi connectivity index (χ0n) is 10.9. The zero-order chi connectivity index (χ0) is 16.0. The van der Waals surface area contributed by atoms with E-state index >= 15 is 0 Å². The maximum absolute atomic E-state index is 13.0. The first-order chi connectivity index (χ1) is 9.79. The third-order valence-corrected chi connectivity index (χ3v) is 2.66. The second-order valence-electron chi connectivity index (χ2n) is 4.38. The molecular weight excluding hydrogens is 286 g/mol. The van der Waals surface area contributed by atoms with Gasteiger partial charge in [0.2, 0.25) is 11.8 Å². The van der Waals surface area contributed by atoms with E-state index in [1.807, 2.05) is 0 Å². The van der Waals surface area contributed by atoms with Crippen molar-refractivity contribution in [3.8, 4) is 0 Å². The molecule has 0 aliphatic rings. The van der Waals surface area contributed by atoms with E-state index in [1.54, 1.807) is 0 Å². The number of carbonyl (C=O) groups is 3. The molecule has 0 aliphatic carbocycles. The third-order valence-electron chi connectivity index (χ3n) is 2.66. The fraction of sp³-hybridized carbons (Fsp3) is 0.308. The Balaban J connectivity index is 2.54. The van der Waals surface area contributed by atoms with Crippen LogP contribution in [0, 0.1) is 11.6 Å². The van der Waals surface area contributed by atoms with E-state index < -0.39 is 41.9 Å². The summed E-state index contributed by atoms with van der Waals surface area (Å²) in [5.74, 6) is -4.88. The van der Waals surface area contributed by atoms with Crippen LogP contribution in [0.25, 0.3) is 0 Å². The summed E-state index contributed by atoms with van der Waals surface area (Å²) in [6.07, 6.45) is -0.550. The minimum atomic E-state index is -1.40. The normalized spacial score (nSPS) is 11.7. The number of rotatable bonds is 7. The number of carboxylic acid groups (broad SMARTS) is 1. The van der Waals surface area contributed by atoms with E-state index in [0.717, 1.165) is 12.1 Å². The molecule has 0 saturated heterocycles. The van der Waals surface area contributed by atoms with Gasteiger partial charge < -0.3 is 16.2 Å². The van der Waals surface area contributed by atoms with Crippen LogP contribution in [0.5, 0.6) is 0 Å². The van der Waals surface area contributed by atoms with Crippen LogP contribution in [-0.2, 0) is 20.8 Å². The van der Waals surface area contributed by atoms with Crippen molar-refractivity contribution in [3.63, 3.8) is 0 Å². The van der Waals surface area contributed by atoms with Crippen LogP contribution in [-0.4, -0.2) is 28.9 Å². The molecule has 0 heterocycles. The van der Waals surface area contributed by atoms with Crippen LogP contribution in [0.3, 0.4) is 0 Å². The van der Waals surface area contributed by atoms with Crippen LogP contribution in [0.15, 0.2) is 18.2 Å². The summed E-state index contributed by atoms with van der Waals surface area (Å²) in [6.45, 7) is 0. The van der Waals surface area contributed by atoms with E-state index in [9.17, 15) is 23.2 Å². The molecule has 0 bridgehead atoms. The van der Waals surface area contributed by atoms with Gasteiger partial charge in [-0.05, 0) is 24.1 Å². The van der Waals surface area contributed by atoms with E-state index in [2.05, 4.69) is 5.32 Å². The van der Waals surface area contributed by atoms with Crippen molar-refractivity contribution in [1.29, 1.82) is 0 Å². The van der Waals surface area contributed by atoms with Crippen LogP contribution < -0.4 is 11.1 Å². The monoisotopic (exact) mass is 300 g/mol. The first-order valence-corrected chi connectivity index (χ1v) is 6.04. The number of aryl methyl sites for hydroxylation is 1. The molecule has 0 aromatic heterocycles. The molecular formula is C13H14F2N2O4. The van der Waals surface area contributed by atoms with Gasteiger partial charge in [-0.25, -0.2) is 13.6 Å². The standard InChI is InChI=1S/C13H14F2N2O4/c14-8-3-1-7(5-9(8)15)2-4-12(19)17-10(13(20)21)6-11(16)18/h1,3,5,10H,2,4,6H2,(H2,16,18)(H,17,19)(H,20,21). The maximum atomic E-state index is 13.0. The summed E-state index contributed by atoms with van der Waals surface area (Å²) in [5.41, 5.74) is 5.27. The molecule has 8 heteroatoms. The highest BCUT2D eigenvalue weighted by atomic mass is 19.2. The number of carbonyl (C=O) groups excluding carboxylic acids is 2. The van der Waals surface area contributed by atoms with Gasteiger partial charge in [0.25, 0.3) is 0 Å². The lowest BCUT2D eigenvalue weighted by Crippen LogP contribution is -2.43. The summed E-state index contributed by atoms with van der Waals surface area (Å²) in [6, 6.07) is 1.82. The highest BCUT2D eigenvalue weighted by molar-refractivity contribution is 5.88. The first-order valence-electron chi connectivity index (χ1n) is 6.04. The number of aliphatic carboxylic acids is 1. The van der Waals surface area contributed by atoms with E-state index in [0.29, 0.717) is 5.56 Å². The molecule has 114 valence electrons. The topological polar surface area (TPSA) is 109 Å². The molecule has 4 N–H and O–H groups in total. The van der Waals surface area contributed by atoms with Crippen molar-refractivity contribution in [2.75, 3.05) is 0 Å². The average molecular weight is 300 g/mol. The number of primary amides is 1. The molecule has 0 saturated carbocycles. The van der Waals surface area contributed by atoms with Crippen molar-refractivity contribution in [1.82, 2.24) is 5.32 Å². The lowest BCUT2D eigenvalue weighted by atomic mass is 10.1. The Morgan fingerprint density at radius 1 is 1.24 bits per heavy atom. The van der Waals surface area contributed by atoms with Crippen LogP contribution >= 0.6 is 0 Å². The number of halogens is 2. The minimum absolute atomic E-state index is 0.103. The summed E-state index contributed by atoms with van der Waals surface area (Å²) >= 11 is 0. The Kier molecular flexibility index (Phi) is 5.77. The average Bonchev–Trinajstić information content (AvgIpc) is 2.38. The molecule has 1 aromatic carbocycles. The Morgan fingerprint density at radius 3 is 2.43 bits per heavy atom.